The van der Waals surface area contributed by atoms with Gasteiger partial charge in [-0.3, -0.25) is 19.8 Å². The Morgan fingerprint density at radius 2 is 1.05 bits per heavy atom. The van der Waals surface area contributed by atoms with Gasteiger partial charge in [0.05, 0.1) is 17.1 Å². The zero-order valence-corrected chi connectivity index (χ0v) is 22.0. The van der Waals surface area contributed by atoms with Crippen molar-refractivity contribution >= 4 is 35.0 Å². The molecular weight excluding hydrogens is 498 g/mol. The minimum absolute atomic E-state index is 0.197. The SMILES string of the molecule is CC(=O)OCc1ccc(C2=CC(c3ccc(COC(C)=O)cc3)=NN(c3ccc(COC(C)=O)cc3)N2)cc1. The number of nitrogens with zero attached hydrogens (tertiary/aromatic N) is 2. The number of hydrazone groups is 1. The summed E-state index contributed by atoms with van der Waals surface area (Å²) in [6.07, 6.45) is 1.95. The number of hydrogen-bond donors (Lipinski definition) is 1. The lowest BCUT2D eigenvalue weighted by Gasteiger charge is -2.28. The molecule has 200 valence electrons. The van der Waals surface area contributed by atoms with Gasteiger partial charge in [0.25, 0.3) is 0 Å². The Morgan fingerprint density at radius 1 is 0.641 bits per heavy atom. The molecule has 1 N–H and O–H groups in total. The monoisotopic (exact) mass is 527 g/mol. The molecule has 9 heteroatoms. The molecule has 1 aliphatic rings. The van der Waals surface area contributed by atoms with E-state index in [0.717, 1.165) is 44.9 Å². The van der Waals surface area contributed by atoms with Gasteiger partial charge in [0, 0.05) is 26.3 Å². The number of benzene rings is 3. The van der Waals surface area contributed by atoms with E-state index in [1.165, 1.54) is 20.8 Å². The van der Waals surface area contributed by atoms with Crippen LogP contribution in [0.2, 0.25) is 0 Å². The van der Waals surface area contributed by atoms with E-state index in [-0.39, 0.29) is 37.7 Å². The van der Waals surface area contributed by atoms with Gasteiger partial charge in [-0.25, -0.2) is 0 Å². The molecule has 0 unspecified atom stereocenters. The van der Waals surface area contributed by atoms with E-state index < -0.39 is 0 Å². The Bertz CT molecular complexity index is 1390. The van der Waals surface area contributed by atoms with Gasteiger partial charge in [-0.15, -0.1) is 0 Å². The van der Waals surface area contributed by atoms with Crippen LogP contribution in [-0.4, -0.2) is 23.6 Å². The largest absolute Gasteiger partial charge is 0.461 e. The van der Waals surface area contributed by atoms with Crippen molar-refractivity contribution in [3.8, 4) is 0 Å². The highest BCUT2D eigenvalue weighted by molar-refractivity contribution is 6.13. The molecule has 0 fully saturated rings. The lowest BCUT2D eigenvalue weighted by atomic mass is 10.0. The Morgan fingerprint density at radius 3 is 1.49 bits per heavy atom. The molecule has 0 radical (unpaired) electrons. The summed E-state index contributed by atoms with van der Waals surface area (Å²) in [6.45, 7) is 4.75. The molecule has 3 aromatic carbocycles. The molecule has 0 saturated carbocycles. The molecule has 0 atom stereocenters. The molecule has 0 bridgehead atoms. The van der Waals surface area contributed by atoms with E-state index in [9.17, 15) is 14.4 Å². The van der Waals surface area contributed by atoms with E-state index in [2.05, 4.69) is 5.43 Å². The first-order valence-electron chi connectivity index (χ1n) is 12.3. The molecule has 1 heterocycles. The standard InChI is InChI=1S/C30H29N3O6/c1-20(34)37-17-23-4-10-26(11-5-23)29-16-30(27-12-6-24(7-13-27)18-38-21(2)35)32-33(31-29)28-14-8-25(9-15-28)19-39-22(3)36/h4-16,31H,17-19H2,1-3H3. The van der Waals surface area contributed by atoms with Crippen molar-refractivity contribution < 1.29 is 28.6 Å². The normalized spacial score (nSPS) is 12.5. The second-order valence-electron chi connectivity index (χ2n) is 8.87. The molecule has 39 heavy (non-hydrogen) atoms. The Labute approximate surface area is 226 Å². The van der Waals surface area contributed by atoms with Crippen LogP contribution in [0.3, 0.4) is 0 Å². The molecule has 9 nitrogen and oxygen atoms in total. The molecule has 1 aliphatic heterocycles. The number of anilines is 1. The van der Waals surface area contributed by atoms with Gasteiger partial charge in [-0.05, 0) is 40.5 Å². The third kappa shape index (κ3) is 7.78. The van der Waals surface area contributed by atoms with E-state index >= 15 is 0 Å². The number of rotatable bonds is 9. The van der Waals surface area contributed by atoms with Gasteiger partial charge >= 0.3 is 17.9 Å². The minimum atomic E-state index is -0.335. The number of nitrogens with one attached hydrogen (secondary N) is 1. The maximum absolute atomic E-state index is 11.1. The fraction of sp³-hybridized carbons (Fsp3) is 0.200. The van der Waals surface area contributed by atoms with Crippen LogP contribution in [0.5, 0.6) is 0 Å². The molecule has 4 rings (SSSR count). The van der Waals surface area contributed by atoms with Crippen molar-refractivity contribution in [3.05, 3.63) is 107 Å². The molecule has 3 aromatic rings. The highest BCUT2D eigenvalue weighted by Crippen LogP contribution is 2.24. The summed E-state index contributed by atoms with van der Waals surface area (Å²) in [5.41, 5.74) is 10.1. The number of allylic oxidation sites excluding steroid dienone is 1. The van der Waals surface area contributed by atoms with Gasteiger partial charge in [0.15, 0.2) is 0 Å². The van der Waals surface area contributed by atoms with Crippen LogP contribution in [0.1, 0.15) is 48.6 Å². The topological polar surface area (TPSA) is 107 Å². The molecule has 0 aromatic heterocycles. The average Bonchev–Trinajstić information content (AvgIpc) is 2.94. The molecule has 0 saturated heterocycles. The summed E-state index contributed by atoms with van der Waals surface area (Å²) in [6, 6.07) is 22.9. The number of carbonyl (C=O) groups is 3. The van der Waals surface area contributed by atoms with E-state index in [1.807, 2.05) is 78.9 Å². The fourth-order valence-electron chi connectivity index (χ4n) is 3.70. The fourth-order valence-corrected chi connectivity index (χ4v) is 3.70. The predicted molar refractivity (Wildman–Crippen MR) is 146 cm³/mol. The van der Waals surface area contributed by atoms with E-state index in [4.69, 9.17) is 19.3 Å². The first kappa shape index (κ1) is 27.1. The summed E-state index contributed by atoms with van der Waals surface area (Å²) < 4.78 is 15.3. The summed E-state index contributed by atoms with van der Waals surface area (Å²) in [5.74, 6) is -0.994. The molecular formula is C30H29N3O6. The number of ether oxygens (including phenoxy) is 3. The highest BCUT2D eigenvalue weighted by atomic mass is 16.5. The van der Waals surface area contributed by atoms with Gasteiger partial charge in [0.2, 0.25) is 0 Å². The quantitative estimate of drug-likeness (QED) is 0.317. The average molecular weight is 528 g/mol. The lowest BCUT2D eigenvalue weighted by molar-refractivity contribution is -0.143. The zero-order chi connectivity index (χ0) is 27.8. The molecule has 0 amide bonds. The number of hydrogen-bond acceptors (Lipinski definition) is 9. The van der Waals surface area contributed by atoms with Crippen LogP contribution in [0.4, 0.5) is 5.69 Å². The van der Waals surface area contributed by atoms with E-state index in [0.29, 0.717) is 0 Å². The molecule has 0 aliphatic carbocycles. The van der Waals surface area contributed by atoms with Crippen LogP contribution in [0.25, 0.3) is 5.70 Å². The first-order valence-corrected chi connectivity index (χ1v) is 12.3. The number of hydrazine groups is 1. The van der Waals surface area contributed by atoms with Crippen LogP contribution < -0.4 is 10.5 Å². The summed E-state index contributed by atoms with van der Waals surface area (Å²) in [7, 11) is 0. The van der Waals surface area contributed by atoms with Crippen molar-refractivity contribution in [2.75, 3.05) is 5.12 Å². The highest BCUT2D eigenvalue weighted by Gasteiger charge is 2.18. The van der Waals surface area contributed by atoms with Crippen molar-refractivity contribution in [2.24, 2.45) is 5.10 Å². The maximum Gasteiger partial charge on any atom is 0.302 e. The van der Waals surface area contributed by atoms with Crippen LogP contribution in [0, 0.1) is 0 Å². The van der Waals surface area contributed by atoms with Crippen LogP contribution in [-0.2, 0) is 48.4 Å². The van der Waals surface area contributed by atoms with E-state index in [1.54, 1.807) is 5.12 Å². The summed E-state index contributed by atoms with van der Waals surface area (Å²) in [4.78, 5) is 33.4. The third-order valence-electron chi connectivity index (χ3n) is 5.74. The van der Waals surface area contributed by atoms with Crippen molar-refractivity contribution in [3.63, 3.8) is 0 Å². The Hall–Kier alpha value is -4.92. The third-order valence-corrected chi connectivity index (χ3v) is 5.74. The summed E-state index contributed by atoms with van der Waals surface area (Å²) >= 11 is 0. The lowest BCUT2D eigenvalue weighted by Crippen LogP contribution is -2.36. The maximum atomic E-state index is 11.1. The van der Waals surface area contributed by atoms with Crippen LogP contribution >= 0.6 is 0 Å². The van der Waals surface area contributed by atoms with Gasteiger partial charge < -0.3 is 14.2 Å². The first-order chi connectivity index (χ1) is 18.8. The number of esters is 3. The van der Waals surface area contributed by atoms with Gasteiger partial charge in [-0.2, -0.15) is 10.2 Å². The Kier molecular flexibility index (Phi) is 8.73. The predicted octanol–water partition coefficient (Wildman–Crippen LogP) is 4.65. The molecule has 0 spiro atoms. The van der Waals surface area contributed by atoms with Gasteiger partial charge in [0.1, 0.15) is 19.8 Å². The van der Waals surface area contributed by atoms with Crippen molar-refractivity contribution in [1.82, 2.24) is 5.43 Å². The Balaban J connectivity index is 1.61. The number of carbonyl (C=O) groups excluding carboxylic acids is 3. The van der Waals surface area contributed by atoms with Crippen molar-refractivity contribution in [2.45, 2.75) is 40.6 Å². The smallest absolute Gasteiger partial charge is 0.302 e. The zero-order valence-electron chi connectivity index (χ0n) is 22.0. The van der Waals surface area contributed by atoms with Crippen molar-refractivity contribution in [1.29, 1.82) is 0 Å². The van der Waals surface area contributed by atoms with Crippen LogP contribution in [0.15, 0.2) is 84.0 Å². The minimum Gasteiger partial charge on any atom is -0.461 e. The van der Waals surface area contributed by atoms with Gasteiger partial charge in [-0.1, -0.05) is 60.7 Å². The summed E-state index contributed by atoms with van der Waals surface area (Å²) in [5, 5.41) is 6.49. The second-order valence-corrected chi connectivity index (χ2v) is 8.87. The second kappa shape index (κ2) is 12.6.